The van der Waals surface area contributed by atoms with Crippen molar-refractivity contribution < 1.29 is 25.8 Å². The molecule has 1 aromatic heterocycles. The van der Waals surface area contributed by atoms with E-state index in [4.69, 9.17) is 9.72 Å². The molecule has 0 saturated carbocycles. The number of aromatic nitrogens is 1. The molecule has 0 amide bonds. The van der Waals surface area contributed by atoms with Gasteiger partial charge in [-0.15, -0.1) is 42.1 Å². The number of nitrogens with zero attached hydrogens (tertiary/aromatic N) is 6. The summed E-state index contributed by atoms with van der Waals surface area (Å²) >= 11 is 0. The summed E-state index contributed by atoms with van der Waals surface area (Å²) in [6.07, 6.45) is 5.86. The normalized spacial score (nSPS) is 13.3. The monoisotopic (exact) mass is 1040 g/mol. The number of aryl methyl sites for hydroxylation is 6. The molecule has 328 valence electrons. The maximum absolute atomic E-state index is 6.57. The molecule has 0 bridgehead atoms. The van der Waals surface area contributed by atoms with Gasteiger partial charge in [-0.2, -0.15) is 18.8 Å². The van der Waals surface area contributed by atoms with Crippen LogP contribution in [0.4, 0.5) is 57.0 Å². The van der Waals surface area contributed by atoms with Gasteiger partial charge >= 0.3 is 0 Å². The van der Waals surface area contributed by atoms with Crippen LogP contribution in [-0.4, -0.2) is 23.6 Å². The first-order valence-electron chi connectivity index (χ1n) is 22.2. The van der Waals surface area contributed by atoms with Gasteiger partial charge in [0.05, 0.1) is 11.4 Å². The number of hydrogen-bond donors (Lipinski definition) is 0. The van der Waals surface area contributed by atoms with Crippen LogP contribution in [0.15, 0.2) is 158 Å². The third-order valence-electron chi connectivity index (χ3n) is 12.7. The average molecular weight is 1040 g/mol. The first-order chi connectivity index (χ1) is 31.6. The smallest absolute Gasteiger partial charge is 0.252 e. The zero-order valence-electron chi connectivity index (χ0n) is 38.1. The van der Waals surface area contributed by atoms with E-state index in [1.807, 2.05) is 84.6 Å². The van der Waals surface area contributed by atoms with Crippen molar-refractivity contribution in [3.8, 4) is 11.5 Å². The molecule has 3 aliphatic rings. The van der Waals surface area contributed by atoms with E-state index >= 15 is 0 Å². The fourth-order valence-corrected chi connectivity index (χ4v) is 10.4. The van der Waals surface area contributed by atoms with Crippen molar-refractivity contribution in [3.63, 3.8) is 0 Å². The van der Waals surface area contributed by atoms with E-state index in [-0.39, 0.29) is 27.8 Å². The van der Waals surface area contributed by atoms with E-state index in [1.165, 1.54) is 72.5 Å². The predicted octanol–water partition coefficient (Wildman–Crippen LogP) is 12.2. The van der Waals surface area contributed by atoms with E-state index < -0.39 is 0 Å². The number of hydrogen-bond acceptors (Lipinski definition) is 7. The van der Waals surface area contributed by atoms with E-state index in [2.05, 4.69) is 165 Å². The van der Waals surface area contributed by atoms with Gasteiger partial charge < -0.3 is 29.2 Å². The molecule has 0 N–H and O–H groups in total. The Bertz CT molecular complexity index is 3030. The zero-order valence-corrected chi connectivity index (χ0v) is 40.3. The van der Waals surface area contributed by atoms with Gasteiger partial charge in [-0.3, -0.25) is 0 Å². The summed E-state index contributed by atoms with van der Waals surface area (Å²) in [6, 6.07) is 57.1. The van der Waals surface area contributed by atoms with Crippen molar-refractivity contribution in [2.75, 3.05) is 26.6 Å². The van der Waals surface area contributed by atoms with Crippen molar-refractivity contribution in [1.29, 1.82) is 0 Å². The molecule has 8 aromatic rings. The van der Waals surface area contributed by atoms with Crippen molar-refractivity contribution in [1.82, 2.24) is 9.88 Å². The molecule has 11 rings (SSSR count). The molecule has 0 spiro atoms. The van der Waals surface area contributed by atoms with Crippen LogP contribution in [0.1, 0.15) is 33.4 Å². The van der Waals surface area contributed by atoms with Crippen molar-refractivity contribution in [3.05, 3.63) is 210 Å². The van der Waals surface area contributed by atoms with E-state index in [0.29, 0.717) is 11.5 Å². The molecule has 0 aliphatic carbocycles. The second-order valence-corrected chi connectivity index (χ2v) is 17.5. The summed E-state index contributed by atoms with van der Waals surface area (Å²) in [5, 5.41) is 0. The Morgan fingerprint density at radius 2 is 1.12 bits per heavy atom. The van der Waals surface area contributed by atoms with Gasteiger partial charge in [-0.05, 0) is 136 Å². The third kappa shape index (κ3) is 7.34. The van der Waals surface area contributed by atoms with Gasteiger partial charge in [0.1, 0.15) is 5.82 Å². The standard InChI is InChI=1S/C57H48BN6O.Pt/c1-37-28-39(3)56(40(4)29-37)63-50-22-10-8-20-48(50)58-49-21-9-11-23-51(49)64(57-41(5)30-38(2)31-42(57)6)53-35-45(34-52(63)55(53)58)62(54-24-12-13-25-59-54)44-17-15-19-47(33-44)65-46-18-14-16-43(32-46)61-27-26-60(7)36-61;/h8-31,34-36H,1-7H3;/q-3;. The van der Waals surface area contributed by atoms with Crippen molar-refractivity contribution >= 4 is 80.1 Å². The summed E-state index contributed by atoms with van der Waals surface area (Å²) in [7, 11) is 2.00. The van der Waals surface area contributed by atoms with Gasteiger partial charge in [0.25, 0.3) is 6.71 Å². The van der Waals surface area contributed by atoms with Crippen molar-refractivity contribution in [2.45, 2.75) is 41.5 Å². The van der Waals surface area contributed by atoms with Crippen LogP contribution >= 0.6 is 0 Å². The Kier molecular flexibility index (Phi) is 11.1. The van der Waals surface area contributed by atoms with Crippen LogP contribution in [-0.2, 0) is 21.1 Å². The van der Waals surface area contributed by atoms with Crippen LogP contribution in [0.3, 0.4) is 0 Å². The molecule has 0 radical (unpaired) electrons. The average Bonchev–Trinajstić information content (AvgIpc) is 3.74. The number of rotatable bonds is 8. The van der Waals surface area contributed by atoms with Gasteiger partial charge in [-0.25, -0.2) is 4.98 Å². The molecular weight excluding hydrogens is 991 g/mol. The van der Waals surface area contributed by atoms with Crippen LogP contribution in [0.2, 0.25) is 0 Å². The summed E-state index contributed by atoms with van der Waals surface area (Å²) < 4.78 is 6.57. The molecule has 9 heteroatoms. The van der Waals surface area contributed by atoms with Gasteiger partial charge in [0, 0.05) is 67.2 Å². The van der Waals surface area contributed by atoms with Crippen LogP contribution in [0.5, 0.6) is 11.5 Å². The molecular formula is C57H48BN6OPt-3. The minimum absolute atomic E-state index is 0. The molecule has 7 aromatic carbocycles. The second kappa shape index (κ2) is 17.1. The minimum Gasteiger partial charge on any atom is -0.510 e. The number of fused-ring (bicyclic) bond motifs is 4. The Balaban J connectivity index is 0.00000511. The number of benzene rings is 7. The SMILES string of the molecule is Cc1cc(C)c(N2c3ccccc3B3c4ccccc4N(c4c(C)cc(C)cc4C)c4cc(N(c5[c-]c(Oc6[c-]c(N7C=CN(C)[CH-]7)ccc6)ccc5)c5ccccn5)cc2c43)c(C)c1.[Pt]. The Morgan fingerprint density at radius 1 is 0.576 bits per heavy atom. The summed E-state index contributed by atoms with van der Waals surface area (Å²) in [5.41, 5.74) is 20.8. The molecule has 0 atom stereocenters. The van der Waals surface area contributed by atoms with Crippen LogP contribution < -0.4 is 40.7 Å². The summed E-state index contributed by atoms with van der Waals surface area (Å²) in [5.74, 6) is 1.92. The Morgan fingerprint density at radius 3 is 1.67 bits per heavy atom. The van der Waals surface area contributed by atoms with Crippen LogP contribution in [0, 0.1) is 60.3 Å². The van der Waals surface area contributed by atoms with Gasteiger partial charge in [0.15, 0.2) is 0 Å². The van der Waals surface area contributed by atoms with Gasteiger partial charge in [-0.1, -0.05) is 83.5 Å². The number of anilines is 10. The summed E-state index contributed by atoms with van der Waals surface area (Å²) in [4.78, 5) is 16.3. The molecule has 0 fully saturated rings. The number of ether oxygens (including phenoxy) is 1. The van der Waals surface area contributed by atoms with Crippen molar-refractivity contribution in [2.24, 2.45) is 0 Å². The number of pyridine rings is 1. The van der Waals surface area contributed by atoms with E-state index in [0.717, 1.165) is 34.3 Å². The maximum Gasteiger partial charge on any atom is 0.252 e. The maximum atomic E-state index is 6.57. The number of para-hydroxylation sites is 2. The first kappa shape index (κ1) is 42.9. The van der Waals surface area contributed by atoms with E-state index in [1.54, 1.807) is 0 Å². The molecule has 3 aliphatic heterocycles. The van der Waals surface area contributed by atoms with E-state index in [9.17, 15) is 0 Å². The van der Waals surface area contributed by atoms with Gasteiger partial charge in [0.2, 0.25) is 0 Å². The molecule has 4 heterocycles. The van der Waals surface area contributed by atoms with Crippen LogP contribution in [0.25, 0.3) is 0 Å². The molecule has 7 nitrogen and oxygen atoms in total. The Hall–Kier alpha value is -7.02. The second-order valence-electron chi connectivity index (χ2n) is 17.5. The molecule has 0 unspecified atom stereocenters. The quantitative estimate of drug-likeness (QED) is 0.111. The summed E-state index contributed by atoms with van der Waals surface area (Å²) in [6.45, 7) is 15.3. The first-order valence-corrected chi connectivity index (χ1v) is 22.2. The fourth-order valence-electron chi connectivity index (χ4n) is 10.4. The topological polar surface area (TPSA) is 38.3 Å². The molecule has 0 saturated heterocycles. The fraction of sp³-hybridized carbons (Fsp3) is 0.123. The minimum atomic E-state index is -0.0151. The zero-order chi connectivity index (χ0) is 44.5. The molecule has 66 heavy (non-hydrogen) atoms. The third-order valence-corrected chi connectivity index (χ3v) is 12.7. The predicted molar refractivity (Wildman–Crippen MR) is 269 cm³/mol. The Labute approximate surface area is 403 Å². The largest absolute Gasteiger partial charge is 0.510 e.